The second kappa shape index (κ2) is 6.93. The van der Waals surface area contributed by atoms with Crippen LogP contribution in [0.1, 0.15) is 11.1 Å². The maximum atomic E-state index is 13.3. The highest BCUT2D eigenvalue weighted by Crippen LogP contribution is 2.32. The number of ether oxygens (including phenoxy) is 1. The monoisotopic (exact) mass is 362 g/mol. The number of nitrogen functional groups attached to an aromatic ring is 1. The number of rotatable bonds is 4. The molecule has 24 heavy (non-hydrogen) atoms. The summed E-state index contributed by atoms with van der Waals surface area (Å²) in [5.74, 6) is -5.23. The van der Waals surface area contributed by atoms with Gasteiger partial charge in [0, 0.05) is 6.54 Å². The van der Waals surface area contributed by atoms with E-state index in [9.17, 15) is 40.3 Å². The fourth-order valence-electron chi connectivity index (χ4n) is 1.44. The summed E-state index contributed by atoms with van der Waals surface area (Å²) in [4.78, 5) is 21.6. The molecule has 3 N–H and O–H groups in total. The van der Waals surface area contributed by atoms with Gasteiger partial charge in [-0.2, -0.15) is 26.3 Å². The number of nitrogens with one attached hydrogen (secondary N) is 1. The van der Waals surface area contributed by atoms with Crippen LogP contribution in [-0.4, -0.2) is 24.7 Å². The Kier molecular flexibility index (Phi) is 5.63. The molecule has 0 aromatic heterocycles. The predicted molar refractivity (Wildman–Crippen MR) is 64.7 cm³/mol. The minimum absolute atomic E-state index is 0.158. The molecule has 5 nitrogen and oxygen atoms in total. The van der Waals surface area contributed by atoms with Gasteiger partial charge in [-0.05, 0) is 17.7 Å². The molecular formula is C12H9F7N2O3. The Balaban J connectivity index is 2.72. The van der Waals surface area contributed by atoms with E-state index in [0.29, 0.717) is 6.07 Å². The number of halogens is 7. The number of anilines is 1. The Morgan fingerprint density at radius 3 is 2.21 bits per heavy atom. The van der Waals surface area contributed by atoms with E-state index >= 15 is 0 Å². The summed E-state index contributed by atoms with van der Waals surface area (Å²) in [5, 5.41) is 1.85. The molecule has 0 radical (unpaired) electrons. The van der Waals surface area contributed by atoms with Gasteiger partial charge in [-0.3, -0.25) is 4.79 Å². The van der Waals surface area contributed by atoms with Crippen LogP contribution in [0.2, 0.25) is 0 Å². The number of hydrogen-bond acceptors (Lipinski definition) is 4. The Labute approximate surface area is 129 Å². The van der Waals surface area contributed by atoms with Crippen molar-refractivity contribution < 1.29 is 45.1 Å². The minimum atomic E-state index is -5.30. The number of hydrogen-bond donors (Lipinski definition) is 2. The topological polar surface area (TPSA) is 81.4 Å². The lowest BCUT2D eigenvalue weighted by Gasteiger charge is -2.13. The third-order valence-corrected chi connectivity index (χ3v) is 2.58. The lowest BCUT2D eigenvalue weighted by molar-refractivity contribution is -0.200. The van der Waals surface area contributed by atoms with E-state index in [1.807, 2.05) is 5.32 Å². The van der Waals surface area contributed by atoms with Gasteiger partial charge < -0.3 is 15.8 Å². The summed E-state index contributed by atoms with van der Waals surface area (Å²) in [6.45, 7) is -2.03. The van der Waals surface area contributed by atoms with Crippen LogP contribution in [0.3, 0.4) is 0 Å². The molecule has 0 bridgehead atoms. The molecule has 0 aliphatic carbocycles. The molecule has 0 saturated carbocycles. The third-order valence-electron chi connectivity index (χ3n) is 2.58. The van der Waals surface area contributed by atoms with Crippen molar-refractivity contribution in [2.24, 2.45) is 0 Å². The number of esters is 1. The van der Waals surface area contributed by atoms with Gasteiger partial charge >= 0.3 is 18.3 Å². The van der Waals surface area contributed by atoms with Gasteiger partial charge in [0.2, 0.25) is 0 Å². The molecule has 1 rings (SSSR count). The lowest BCUT2D eigenvalue weighted by atomic mass is 10.1. The standard InChI is InChI=1S/C12H9F7N2O3/c13-7-2-6(11(14,15)16)1-5(9(7)20)3-21-8(22)4-24-10(23)12(17,18)19/h1-2H,3-4,20H2,(H,21,22). The zero-order valence-electron chi connectivity index (χ0n) is 11.5. The molecule has 0 heterocycles. The van der Waals surface area contributed by atoms with Crippen molar-refractivity contribution in [1.82, 2.24) is 5.32 Å². The highest BCUT2D eigenvalue weighted by Gasteiger charge is 2.41. The summed E-state index contributed by atoms with van der Waals surface area (Å²) in [6, 6.07) is 0.631. The van der Waals surface area contributed by atoms with E-state index < -0.39 is 60.0 Å². The molecule has 0 saturated heterocycles. The molecule has 0 unspecified atom stereocenters. The smallest absolute Gasteiger partial charge is 0.449 e. The normalized spacial score (nSPS) is 12.0. The van der Waals surface area contributed by atoms with Crippen LogP contribution in [-0.2, 0) is 27.0 Å². The van der Waals surface area contributed by atoms with Crippen molar-refractivity contribution in [2.45, 2.75) is 18.9 Å². The third kappa shape index (κ3) is 5.28. The maximum absolute atomic E-state index is 13.3. The molecule has 1 aromatic carbocycles. The van der Waals surface area contributed by atoms with E-state index in [1.165, 1.54) is 0 Å². The molecule has 0 aliphatic heterocycles. The first kappa shape index (κ1) is 19.5. The van der Waals surface area contributed by atoms with Gasteiger partial charge in [0.05, 0.1) is 11.3 Å². The Morgan fingerprint density at radius 2 is 1.71 bits per heavy atom. The molecule has 0 fully saturated rings. The zero-order valence-corrected chi connectivity index (χ0v) is 11.5. The molecule has 0 atom stereocenters. The van der Waals surface area contributed by atoms with Gasteiger partial charge in [0.15, 0.2) is 6.61 Å². The van der Waals surface area contributed by atoms with E-state index in [-0.39, 0.29) is 6.07 Å². The molecule has 0 spiro atoms. The molecule has 134 valence electrons. The fourth-order valence-corrected chi connectivity index (χ4v) is 1.44. The van der Waals surface area contributed by atoms with E-state index in [0.717, 1.165) is 0 Å². The van der Waals surface area contributed by atoms with Gasteiger partial charge in [0.1, 0.15) is 5.82 Å². The largest absolute Gasteiger partial charge is 0.490 e. The molecular weight excluding hydrogens is 353 g/mol. The highest BCUT2D eigenvalue weighted by molar-refractivity contribution is 5.82. The average molecular weight is 362 g/mol. The summed E-state index contributed by atoms with van der Waals surface area (Å²) in [6.07, 6.45) is -10.2. The Hall–Kier alpha value is -2.53. The highest BCUT2D eigenvalue weighted by atomic mass is 19.4. The SMILES string of the molecule is Nc1c(F)cc(C(F)(F)F)cc1CNC(=O)COC(=O)C(F)(F)F. The van der Waals surface area contributed by atoms with E-state index in [2.05, 4.69) is 4.74 Å². The van der Waals surface area contributed by atoms with Crippen molar-refractivity contribution in [3.05, 3.63) is 29.1 Å². The van der Waals surface area contributed by atoms with Gasteiger partial charge in [-0.1, -0.05) is 0 Å². The zero-order chi connectivity index (χ0) is 18.7. The average Bonchev–Trinajstić information content (AvgIpc) is 2.43. The van der Waals surface area contributed by atoms with Crippen LogP contribution in [0.4, 0.5) is 36.4 Å². The number of benzene rings is 1. The van der Waals surface area contributed by atoms with Gasteiger partial charge in [-0.25, -0.2) is 9.18 Å². The fraction of sp³-hybridized carbons (Fsp3) is 0.333. The van der Waals surface area contributed by atoms with Crippen molar-refractivity contribution in [3.63, 3.8) is 0 Å². The summed E-state index contributed by atoms with van der Waals surface area (Å²) < 4.78 is 90.1. The van der Waals surface area contributed by atoms with Crippen LogP contribution < -0.4 is 11.1 Å². The second-order valence-electron chi connectivity index (χ2n) is 4.38. The van der Waals surface area contributed by atoms with Crippen molar-refractivity contribution in [2.75, 3.05) is 12.3 Å². The van der Waals surface area contributed by atoms with E-state index in [1.54, 1.807) is 0 Å². The van der Waals surface area contributed by atoms with Crippen molar-refractivity contribution in [1.29, 1.82) is 0 Å². The molecule has 12 heteroatoms. The lowest BCUT2D eigenvalue weighted by Crippen LogP contribution is -2.33. The Morgan fingerprint density at radius 1 is 1.12 bits per heavy atom. The van der Waals surface area contributed by atoms with Crippen LogP contribution in [0.5, 0.6) is 0 Å². The summed E-state index contributed by atoms with van der Waals surface area (Å²) in [5.41, 5.74) is 2.76. The first-order valence-corrected chi connectivity index (χ1v) is 5.98. The number of alkyl halides is 6. The summed E-state index contributed by atoms with van der Waals surface area (Å²) >= 11 is 0. The first-order chi connectivity index (χ1) is 10.8. The number of carbonyl (C=O) groups excluding carboxylic acids is 2. The Bertz CT molecular complexity index is 641. The van der Waals surface area contributed by atoms with Crippen LogP contribution in [0.15, 0.2) is 12.1 Å². The first-order valence-electron chi connectivity index (χ1n) is 5.98. The number of amides is 1. The maximum Gasteiger partial charge on any atom is 0.490 e. The number of carbonyl (C=O) groups is 2. The number of nitrogens with two attached hydrogens (primary N) is 1. The molecule has 1 amide bonds. The van der Waals surface area contributed by atoms with Crippen LogP contribution >= 0.6 is 0 Å². The van der Waals surface area contributed by atoms with Gasteiger partial charge in [-0.15, -0.1) is 0 Å². The molecule has 1 aromatic rings. The predicted octanol–water partition coefficient (Wildman–Crippen LogP) is 2.15. The van der Waals surface area contributed by atoms with Crippen molar-refractivity contribution >= 4 is 17.6 Å². The van der Waals surface area contributed by atoms with Crippen LogP contribution in [0.25, 0.3) is 0 Å². The summed E-state index contributed by atoms with van der Waals surface area (Å²) in [7, 11) is 0. The van der Waals surface area contributed by atoms with Gasteiger partial charge in [0.25, 0.3) is 5.91 Å². The second-order valence-corrected chi connectivity index (χ2v) is 4.38. The van der Waals surface area contributed by atoms with Crippen molar-refractivity contribution in [3.8, 4) is 0 Å². The molecule has 0 aliphatic rings. The van der Waals surface area contributed by atoms with Crippen LogP contribution in [0, 0.1) is 5.82 Å². The quantitative estimate of drug-likeness (QED) is 0.489. The van der Waals surface area contributed by atoms with E-state index in [4.69, 9.17) is 5.73 Å². The minimum Gasteiger partial charge on any atom is -0.449 e.